The van der Waals surface area contributed by atoms with Crippen molar-refractivity contribution >= 4 is 6.21 Å². The Balaban J connectivity index is 3.55. The highest BCUT2D eigenvalue weighted by Crippen LogP contribution is 1.75. The maximum Gasteiger partial charge on any atom is 0.215 e. The van der Waals surface area contributed by atoms with Crippen molar-refractivity contribution in [3.05, 3.63) is 12.2 Å². The molecule has 0 aliphatic heterocycles. The average Bonchev–Trinajstić information content (AvgIpc) is 1.89. The Morgan fingerprint density at radius 3 is 2.56 bits per heavy atom. The van der Waals surface area contributed by atoms with Crippen LogP contribution < -0.4 is 0 Å². The van der Waals surface area contributed by atoms with Crippen molar-refractivity contribution in [2.45, 2.75) is 20.3 Å². The second-order valence-electron chi connectivity index (χ2n) is 1.74. The summed E-state index contributed by atoms with van der Waals surface area (Å²) in [6.45, 7) is 4.57. The topological polar surface area (TPSA) is 23.2 Å². The molecule has 0 unspecified atom stereocenters. The van der Waals surface area contributed by atoms with E-state index in [9.17, 15) is 0 Å². The van der Waals surface area contributed by atoms with Gasteiger partial charge in [-0.1, -0.05) is 13.0 Å². The monoisotopic (exact) mass is 128 g/mol. The van der Waals surface area contributed by atoms with Gasteiger partial charge in [0.1, 0.15) is 0 Å². The summed E-state index contributed by atoms with van der Waals surface area (Å²) in [7, 11) is 0. The summed E-state index contributed by atoms with van der Waals surface area (Å²) in [5, 5.41) is 8.81. The number of rotatable bonds is 3. The van der Waals surface area contributed by atoms with Gasteiger partial charge in [-0.25, -0.2) is 0 Å². The third-order valence-electron chi connectivity index (χ3n) is 0.954. The minimum absolute atomic E-state index is 0.633. The van der Waals surface area contributed by atoms with E-state index in [1.165, 1.54) is 0 Å². The first kappa shape index (κ1) is 8.21. The van der Waals surface area contributed by atoms with Crippen LogP contribution >= 0.6 is 0 Å². The Morgan fingerprint density at radius 1 is 1.44 bits per heavy atom. The van der Waals surface area contributed by atoms with Gasteiger partial charge >= 0.3 is 0 Å². The van der Waals surface area contributed by atoms with Crippen LogP contribution in [0, 0.1) is 0 Å². The summed E-state index contributed by atoms with van der Waals surface area (Å²) in [4.78, 5) is 0. The molecule has 0 aromatic carbocycles. The SMILES string of the molecule is CCC=CC=[N+](O)CC. The first-order valence-corrected chi connectivity index (χ1v) is 3.26. The fourth-order valence-corrected chi connectivity index (χ4v) is 0.402. The number of hydroxylamine groups is 1. The molecular weight excluding hydrogens is 114 g/mol. The van der Waals surface area contributed by atoms with Gasteiger partial charge in [-0.3, -0.25) is 5.21 Å². The number of nitrogens with zero attached hydrogens (tertiary/aromatic N) is 1. The Kier molecular flexibility index (Phi) is 4.88. The van der Waals surface area contributed by atoms with Gasteiger partial charge in [0.2, 0.25) is 6.21 Å². The molecule has 0 radical (unpaired) electrons. The molecule has 0 aromatic rings. The van der Waals surface area contributed by atoms with Crippen molar-refractivity contribution < 1.29 is 9.95 Å². The predicted molar refractivity (Wildman–Crippen MR) is 38.1 cm³/mol. The molecule has 0 fully saturated rings. The zero-order valence-electron chi connectivity index (χ0n) is 6.04. The van der Waals surface area contributed by atoms with Gasteiger partial charge in [0, 0.05) is 6.08 Å². The third kappa shape index (κ3) is 5.07. The van der Waals surface area contributed by atoms with Crippen molar-refractivity contribution in [3.63, 3.8) is 0 Å². The Bertz CT molecular complexity index is 116. The van der Waals surface area contributed by atoms with Crippen LogP contribution in [0.5, 0.6) is 0 Å². The second kappa shape index (κ2) is 5.35. The van der Waals surface area contributed by atoms with Crippen LogP contribution in [0.1, 0.15) is 20.3 Å². The summed E-state index contributed by atoms with van der Waals surface area (Å²) >= 11 is 0. The lowest BCUT2D eigenvalue weighted by Gasteiger charge is -1.80. The highest BCUT2D eigenvalue weighted by molar-refractivity contribution is 5.65. The summed E-state index contributed by atoms with van der Waals surface area (Å²) in [5.74, 6) is 0. The van der Waals surface area contributed by atoms with Crippen LogP contribution in [-0.4, -0.2) is 22.7 Å². The predicted octanol–water partition coefficient (Wildman–Crippen LogP) is 1.45. The molecule has 0 atom stereocenters. The zero-order chi connectivity index (χ0) is 7.11. The lowest BCUT2D eigenvalue weighted by atomic mass is 10.4. The van der Waals surface area contributed by atoms with Crippen molar-refractivity contribution in [2.24, 2.45) is 0 Å². The normalized spacial score (nSPS) is 12.9. The summed E-state index contributed by atoms with van der Waals surface area (Å²) < 4.78 is 1.14. The van der Waals surface area contributed by atoms with Crippen molar-refractivity contribution in [2.75, 3.05) is 6.54 Å². The smallest absolute Gasteiger partial charge is 0.215 e. The molecule has 0 aromatic heterocycles. The molecule has 0 bridgehead atoms. The molecule has 52 valence electrons. The van der Waals surface area contributed by atoms with Gasteiger partial charge in [-0.05, 0) is 18.1 Å². The number of hydrogen-bond acceptors (Lipinski definition) is 1. The van der Waals surface area contributed by atoms with E-state index in [1.807, 2.05) is 19.1 Å². The standard InChI is InChI=1S/C7H14NO/c1-3-5-6-7-8(9)4-2/h5-7,9H,3-4H2,1-2H3/q+1. The molecular formula is C7H14NO+. The molecule has 0 amide bonds. The first-order chi connectivity index (χ1) is 4.31. The van der Waals surface area contributed by atoms with Gasteiger partial charge in [0.15, 0.2) is 6.54 Å². The van der Waals surface area contributed by atoms with Crippen LogP contribution in [0.25, 0.3) is 0 Å². The Hall–Kier alpha value is -0.790. The minimum atomic E-state index is 0.633. The van der Waals surface area contributed by atoms with Crippen LogP contribution in [0.4, 0.5) is 0 Å². The van der Waals surface area contributed by atoms with Gasteiger partial charge in [0.25, 0.3) is 0 Å². The van der Waals surface area contributed by atoms with Gasteiger partial charge in [-0.15, -0.1) is 0 Å². The van der Waals surface area contributed by atoms with Gasteiger partial charge < -0.3 is 0 Å². The molecule has 0 rings (SSSR count). The molecule has 9 heavy (non-hydrogen) atoms. The van der Waals surface area contributed by atoms with E-state index in [1.54, 1.807) is 6.21 Å². The van der Waals surface area contributed by atoms with Crippen LogP contribution in [0.2, 0.25) is 0 Å². The van der Waals surface area contributed by atoms with Crippen LogP contribution in [-0.2, 0) is 0 Å². The van der Waals surface area contributed by atoms with Crippen LogP contribution in [0.3, 0.4) is 0 Å². The van der Waals surface area contributed by atoms with E-state index in [4.69, 9.17) is 5.21 Å². The van der Waals surface area contributed by atoms with Crippen molar-refractivity contribution in [1.29, 1.82) is 0 Å². The highest BCUT2D eigenvalue weighted by Gasteiger charge is 1.86. The summed E-state index contributed by atoms with van der Waals surface area (Å²) in [5.41, 5.74) is 0. The molecule has 2 heteroatoms. The van der Waals surface area contributed by atoms with Gasteiger partial charge in [-0.2, -0.15) is 0 Å². The van der Waals surface area contributed by atoms with E-state index >= 15 is 0 Å². The molecule has 0 spiro atoms. The van der Waals surface area contributed by atoms with E-state index in [0.29, 0.717) is 6.54 Å². The molecule has 0 saturated heterocycles. The fourth-order valence-electron chi connectivity index (χ4n) is 0.402. The number of hydrogen-bond donors (Lipinski definition) is 1. The molecule has 0 heterocycles. The average molecular weight is 128 g/mol. The second-order valence-corrected chi connectivity index (χ2v) is 1.74. The largest absolute Gasteiger partial charge is 0.291 e. The van der Waals surface area contributed by atoms with E-state index in [-0.39, 0.29) is 0 Å². The highest BCUT2D eigenvalue weighted by atomic mass is 16.5. The summed E-state index contributed by atoms with van der Waals surface area (Å²) in [6, 6.07) is 0. The van der Waals surface area contributed by atoms with E-state index in [2.05, 4.69) is 6.92 Å². The molecule has 0 aliphatic rings. The first-order valence-electron chi connectivity index (χ1n) is 3.26. The third-order valence-corrected chi connectivity index (χ3v) is 0.954. The van der Waals surface area contributed by atoms with E-state index < -0.39 is 0 Å². The molecule has 0 aliphatic carbocycles. The van der Waals surface area contributed by atoms with Crippen LogP contribution in [0.15, 0.2) is 12.2 Å². The maximum atomic E-state index is 8.81. The maximum absolute atomic E-state index is 8.81. The Morgan fingerprint density at radius 2 is 2.11 bits per heavy atom. The van der Waals surface area contributed by atoms with Crippen molar-refractivity contribution in [1.82, 2.24) is 0 Å². The molecule has 2 nitrogen and oxygen atoms in total. The fraction of sp³-hybridized carbons (Fsp3) is 0.571. The summed E-state index contributed by atoms with van der Waals surface area (Å²) in [6.07, 6.45) is 6.47. The lowest BCUT2D eigenvalue weighted by Crippen LogP contribution is -2.04. The lowest BCUT2D eigenvalue weighted by molar-refractivity contribution is -0.768. The van der Waals surface area contributed by atoms with Gasteiger partial charge in [0.05, 0.1) is 0 Å². The zero-order valence-corrected chi connectivity index (χ0v) is 6.04. The minimum Gasteiger partial charge on any atom is -0.291 e. The van der Waals surface area contributed by atoms with Crippen molar-refractivity contribution in [3.8, 4) is 0 Å². The Labute approximate surface area is 56.1 Å². The van der Waals surface area contributed by atoms with E-state index in [0.717, 1.165) is 11.2 Å². The molecule has 1 N–H and O–H groups in total. The molecule has 0 saturated carbocycles. The quantitative estimate of drug-likeness (QED) is 0.264. The number of allylic oxidation sites excluding steroid dienone is 2.